The predicted molar refractivity (Wildman–Crippen MR) is 80.7 cm³/mol. The first-order valence-electron chi connectivity index (χ1n) is 7.90. The number of halogens is 2. The number of rotatable bonds is 2. The molecular weight excluding hydrogens is 285 g/mol. The second-order valence-electron chi connectivity index (χ2n) is 8.42. The first-order chi connectivity index (χ1) is 10.1. The van der Waals surface area contributed by atoms with Crippen LogP contribution in [0.5, 0.6) is 0 Å². The molecule has 0 unspecified atom stereocenters. The SMILES string of the molecule is CC1(C)OB(C23CC(c4cc(F)cc(F)c4)(C2)C3)OC1(C)C. The first-order valence-corrected chi connectivity index (χ1v) is 7.90. The highest BCUT2D eigenvalue weighted by Gasteiger charge is 2.76. The highest BCUT2D eigenvalue weighted by Crippen LogP contribution is 2.80. The Bertz CT molecular complexity index is 600. The Balaban J connectivity index is 1.53. The highest BCUT2D eigenvalue weighted by molar-refractivity contribution is 6.51. The van der Waals surface area contributed by atoms with Gasteiger partial charge in [-0.1, -0.05) is 0 Å². The van der Waals surface area contributed by atoms with E-state index in [2.05, 4.69) is 27.7 Å². The van der Waals surface area contributed by atoms with Gasteiger partial charge in [-0.2, -0.15) is 0 Å². The summed E-state index contributed by atoms with van der Waals surface area (Å²) in [6, 6.07) is 3.87. The van der Waals surface area contributed by atoms with Crippen molar-refractivity contribution in [3.8, 4) is 0 Å². The second-order valence-corrected chi connectivity index (χ2v) is 8.42. The third-order valence-corrected chi connectivity index (χ3v) is 6.30. The van der Waals surface area contributed by atoms with Gasteiger partial charge in [0.1, 0.15) is 11.6 Å². The summed E-state index contributed by atoms with van der Waals surface area (Å²) < 4.78 is 39.2. The molecular formula is C17H21BF2O2. The molecule has 1 aliphatic heterocycles. The van der Waals surface area contributed by atoms with E-state index in [0.29, 0.717) is 0 Å². The van der Waals surface area contributed by atoms with E-state index in [1.165, 1.54) is 12.1 Å². The summed E-state index contributed by atoms with van der Waals surface area (Å²) in [6.07, 6.45) is 2.67. The monoisotopic (exact) mass is 306 g/mol. The van der Waals surface area contributed by atoms with E-state index >= 15 is 0 Å². The third kappa shape index (κ3) is 1.72. The molecule has 118 valence electrons. The van der Waals surface area contributed by atoms with Crippen molar-refractivity contribution < 1.29 is 18.1 Å². The van der Waals surface area contributed by atoms with Crippen LogP contribution in [0.4, 0.5) is 8.78 Å². The fourth-order valence-corrected chi connectivity index (χ4v) is 4.38. The lowest BCUT2D eigenvalue weighted by molar-refractivity contribution is -0.0387. The minimum Gasteiger partial charge on any atom is -0.403 e. The summed E-state index contributed by atoms with van der Waals surface area (Å²) in [7, 11) is -0.210. The molecule has 1 aromatic carbocycles. The van der Waals surface area contributed by atoms with E-state index in [4.69, 9.17) is 9.31 Å². The topological polar surface area (TPSA) is 18.5 Å². The van der Waals surface area contributed by atoms with E-state index in [9.17, 15) is 8.78 Å². The van der Waals surface area contributed by atoms with Crippen molar-refractivity contribution in [3.05, 3.63) is 35.4 Å². The zero-order valence-corrected chi connectivity index (χ0v) is 13.5. The Morgan fingerprint density at radius 2 is 1.32 bits per heavy atom. The lowest BCUT2D eigenvalue weighted by Gasteiger charge is -2.71. The molecule has 22 heavy (non-hydrogen) atoms. The van der Waals surface area contributed by atoms with Crippen molar-refractivity contribution in [1.82, 2.24) is 0 Å². The Hall–Kier alpha value is -0.935. The molecule has 0 radical (unpaired) electrons. The zero-order chi connectivity index (χ0) is 16.0. The van der Waals surface area contributed by atoms with Gasteiger partial charge in [0, 0.05) is 11.4 Å². The average Bonchev–Trinajstić information content (AvgIpc) is 2.41. The summed E-state index contributed by atoms with van der Waals surface area (Å²) in [5.41, 5.74) is 0.0478. The van der Waals surface area contributed by atoms with E-state index in [-0.39, 0.29) is 29.0 Å². The van der Waals surface area contributed by atoms with Crippen LogP contribution in [-0.4, -0.2) is 18.3 Å². The first kappa shape index (κ1) is 14.6. The molecule has 0 amide bonds. The van der Waals surface area contributed by atoms with Crippen LogP contribution in [0.3, 0.4) is 0 Å². The van der Waals surface area contributed by atoms with Gasteiger partial charge in [-0.15, -0.1) is 0 Å². The maximum absolute atomic E-state index is 13.4. The molecule has 1 saturated heterocycles. The van der Waals surface area contributed by atoms with E-state index in [1.807, 2.05) is 0 Å². The van der Waals surface area contributed by atoms with Gasteiger partial charge in [0.25, 0.3) is 0 Å². The fraction of sp³-hybridized carbons (Fsp3) is 0.647. The molecule has 1 aromatic rings. The van der Waals surface area contributed by atoms with Crippen molar-refractivity contribution in [2.75, 3.05) is 0 Å². The van der Waals surface area contributed by atoms with Crippen LogP contribution in [0.2, 0.25) is 5.31 Å². The Labute approximate surface area is 130 Å². The lowest BCUT2D eigenvalue weighted by Crippen LogP contribution is -2.66. The molecule has 2 nitrogen and oxygen atoms in total. The molecule has 1 heterocycles. The van der Waals surface area contributed by atoms with Crippen LogP contribution in [0.15, 0.2) is 18.2 Å². The molecule has 0 aromatic heterocycles. The van der Waals surface area contributed by atoms with Gasteiger partial charge in [0.05, 0.1) is 11.2 Å². The molecule has 2 bridgehead atoms. The van der Waals surface area contributed by atoms with E-state index < -0.39 is 11.6 Å². The zero-order valence-electron chi connectivity index (χ0n) is 13.5. The van der Waals surface area contributed by atoms with Gasteiger partial charge in [-0.05, 0) is 70.1 Å². The molecule has 5 heteroatoms. The minimum absolute atomic E-state index is 0.0217. The molecule has 3 saturated carbocycles. The van der Waals surface area contributed by atoms with E-state index in [0.717, 1.165) is 30.9 Å². The molecule has 0 N–H and O–H groups in total. The maximum atomic E-state index is 13.4. The van der Waals surface area contributed by atoms with E-state index in [1.54, 1.807) is 0 Å². The normalized spacial score (nSPS) is 37.6. The van der Waals surface area contributed by atoms with Crippen LogP contribution in [0, 0.1) is 11.6 Å². The summed E-state index contributed by atoms with van der Waals surface area (Å²) in [5.74, 6) is -0.992. The van der Waals surface area contributed by atoms with Gasteiger partial charge in [0.2, 0.25) is 0 Å². The van der Waals surface area contributed by atoms with Crippen molar-refractivity contribution in [2.24, 2.45) is 0 Å². The maximum Gasteiger partial charge on any atom is 0.464 e. The van der Waals surface area contributed by atoms with Crippen LogP contribution in [0.25, 0.3) is 0 Å². The van der Waals surface area contributed by atoms with Crippen molar-refractivity contribution in [2.45, 2.75) is 68.9 Å². The predicted octanol–water partition coefficient (Wildman–Crippen LogP) is 4.23. The van der Waals surface area contributed by atoms with Crippen LogP contribution in [0.1, 0.15) is 52.5 Å². The molecule has 4 aliphatic rings. The van der Waals surface area contributed by atoms with Crippen molar-refractivity contribution in [3.63, 3.8) is 0 Å². The quantitative estimate of drug-likeness (QED) is 0.761. The molecule has 0 atom stereocenters. The van der Waals surface area contributed by atoms with Crippen LogP contribution in [-0.2, 0) is 14.7 Å². The molecule has 0 spiro atoms. The van der Waals surface area contributed by atoms with Gasteiger partial charge in [-0.3, -0.25) is 0 Å². The van der Waals surface area contributed by atoms with Gasteiger partial charge >= 0.3 is 7.12 Å². The second kappa shape index (κ2) is 3.93. The summed E-state index contributed by atoms with van der Waals surface area (Å²) >= 11 is 0. The average molecular weight is 306 g/mol. The largest absolute Gasteiger partial charge is 0.464 e. The third-order valence-electron chi connectivity index (χ3n) is 6.30. The molecule has 5 rings (SSSR count). The minimum atomic E-state index is -0.496. The lowest BCUT2D eigenvalue weighted by atomic mass is 9.23. The molecule has 4 fully saturated rings. The van der Waals surface area contributed by atoms with Gasteiger partial charge in [0.15, 0.2) is 0 Å². The Morgan fingerprint density at radius 3 is 1.77 bits per heavy atom. The fourth-order valence-electron chi connectivity index (χ4n) is 4.38. The standard InChI is InChI=1S/C17H21BF2O2/c1-14(2)15(3,4)22-18(21-14)17-8-16(9-17,10-17)11-5-12(19)7-13(20)6-11/h5-7H,8-10H2,1-4H3. The van der Waals surface area contributed by atoms with Gasteiger partial charge < -0.3 is 9.31 Å². The smallest absolute Gasteiger partial charge is 0.403 e. The van der Waals surface area contributed by atoms with Gasteiger partial charge in [-0.25, -0.2) is 8.78 Å². The Kier molecular flexibility index (Phi) is 2.62. The van der Waals surface area contributed by atoms with Crippen molar-refractivity contribution >= 4 is 7.12 Å². The molecule has 3 aliphatic carbocycles. The number of hydrogen-bond donors (Lipinski definition) is 0. The Morgan fingerprint density at radius 1 is 0.864 bits per heavy atom. The summed E-state index contributed by atoms with van der Waals surface area (Å²) in [4.78, 5) is 0. The highest BCUT2D eigenvalue weighted by atomic mass is 19.1. The van der Waals surface area contributed by atoms with Crippen LogP contribution >= 0.6 is 0 Å². The number of benzene rings is 1. The summed E-state index contributed by atoms with van der Waals surface area (Å²) in [5, 5.41) is 0.0217. The van der Waals surface area contributed by atoms with Crippen molar-refractivity contribution in [1.29, 1.82) is 0 Å². The number of hydrogen-bond acceptors (Lipinski definition) is 2. The van der Waals surface area contributed by atoms with Crippen LogP contribution < -0.4 is 0 Å². The summed E-state index contributed by atoms with van der Waals surface area (Å²) in [6.45, 7) is 8.21.